The van der Waals surface area contributed by atoms with E-state index in [9.17, 15) is 9.59 Å². The van der Waals surface area contributed by atoms with E-state index in [1.165, 1.54) is 4.90 Å². The van der Waals surface area contributed by atoms with Gasteiger partial charge >= 0.3 is 6.09 Å². The molecule has 2 amide bonds. The van der Waals surface area contributed by atoms with Gasteiger partial charge in [0.05, 0.1) is 24.5 Å². The average molecular weight is 303 g/mol. The molecule has 1 aliphatic heterocycles. The smallest absolute Gasteiger partial charge is 0.414 e. The van der Waals surface area contributed by atoms with Gasteiger partial charge < -0.3 is 14.6 Å². The van der Waals surface area contributed by atoms with Crippen molar-refractivity contribution in [3.63, 3.8) is 0 Å². The largest absolute Gasteiger partial charge is 0.442 e. The maximum atomic E-state index is 12.0. The summed E-state index contributed by atoms with van der Waals surface area (Å²) in [5.41, 5.74) is 2.13. The minimum atomic E-state index is -0.425. The molecule has 1 fully saturated rings. The van der Waals surface area contributed by atoms with Crippen molar-refractivity contribution in [2.45, 2.75) is 26.4 Å². The summed E-state index contributed by atoms with van der Waals surface area (Å²) in [6.07, 6.45) is -0.368. The third kappa shape index (κ3) is 2.61. The molecule has 0 radical (unpaired) electrons. The van der Waals surface area contributed by atoms with E-state index in [1.807, 2.05) is 19.1 Å². The predicted octanol–water partition coefficient (Wildman–Crippen LogP) is 1.99. The highest BCUT2D eigenvalue weighted by Crippen LogP contribution is 2.27. The molecular weight excluding hydrogens is 286 g/mol. The molecule has 7 heteroatoms. The van der Waals surface area contributed by atoms with Crippen LogP contribution in [0.3, 0.4) is 0 Å². The summed E-state index contributed by atoms with van der Waals surface area (Å²) in [6, 6.07) is 5.47. The number of carbonyl (C=O) groups is 2. The molecule has 1 unspecified atom stereocenters. The van der Waals surface area contributed by atoms with Crippen molar-refractivity contribution < 1.29 is 18.8 Å². The summed E-state index contributed by atoms with van der Waals surface area (Å²) in [5, 5.41) is 7.55. The molecule has 2 aromatic rings. The molecule has 0 aliphatic carbocycles. The molecule has 116 valence electrons. The number of anilines is 1. The maximum absolute atomic E-state index is 12.0. The average Bonchev–Trinajstić information content (AvgIpc) is 3.08. The van der Waals surface area contributed by atoms with Gasteiger partial charge in [0.1, 0.15) is 6.10 Å². The topological polar surface area (TPSA) is 84.7 Å². The zero-order valence-corrected chi connectivity index (χ0v) is 12.5. The lowest BCUT2D eigenvalue weighted by Crippen LogP contribution is -2.34. The monoisotopic (exact) mass is 303 g/mol. The molecule has 2 heterocycles. The fraction of sp³-hybridized carbons (Fsp3) is 0.400. The lowest BCUT2D eigenvalue weighted by Gasteiger charge is -2.12. The molecule has 1 aromatic carbocycles. The Hall–Kier alpha value is -2.57. The van der Waals surface area contributed by atoms with Gasteiger partial charge in [0, 0.05) is 17.9 Å². The highest BCUT2D eigenvalue weighted by atomic mass is 16.6. The number of hydrogen-bond donors (Lipinski definition) is 1. The van der Waals surface area contributed by atoms with Crippen LogP contribution < -0.4 is 10.2 Å². The molecular formula is C15H17N3O4. The first-order valence-electron chi connectivity index (χ1n) is 7.19. The van der Waals surface area contributed by atoms with Gasteiger partial charge in [-0.25, -0.2) is 4.79 Å². The Kier molecular flexibility index (Phi) is 3.70. The number of aryl methyl sites for hydroxylation is 1. The first-order valence-corrected chi connectivity index (χ1v) is 7.19. The Morgan fingerprint density at radius 3 is 3.09 bits per heavy atom. The summed E-state index contributed by atoms with van der Waals surface area (Å²) in [4.78, 5) is 24.8. The number of nitrogens with one attached hydrogen (secondary N) is 1. The molecule has 0 saturated carbocycles. The van der Waals surface area contributed by atoms with Crippen LogP contribution in [-0.4, -0.2) is 36.4 Å². The van der Waals surface area contributed by atoms with Gasteiger partial charge in [-0.2, -0.15) is 0 Å². The summed E-state index contributed by atoms with van der Waals surface area (Å²) >= 11 is 0. The number of benzene rings is 1. The molecule has 3 rings (SSSR count). The number of aromatic nitrogens is 1. The van der Waals surface area contributed by atoms with Crippen LogP contribution in [-0.2, 0) is 9.53 Å². The van der Waals surface area contributed by atoms with E-state index >= 15 is 0 Å². The molecule has 0 bridgehead atoms. The van der Waals surface area contributed by atoms with Crippen molar-refractivity contribution in [1.29, 1.82) is 0 Å². The second-order valence-electron chi connectivity index (χ2n) is 5.22. The number of nitrogens with zero attached hydrogens (tertiary/aromatic N) is 2. The molecule has 1 atom stereocenters. The van der Waals surface area contributed by atoms with Crippen LogP contribution in [0.5, 0.6) is 0 Å². The minimum Gasteiger partial charge on any atom is -0.442 e. The zero-order chi connectivity index (χ0) is 15.7. The fourth-order valence-electron chi connectivity index (χ4n) is 2.41. The Bertz CT molecular complexity index is 725. The quantitative estimate of drug-likeness (QED) is 0.933. The van der Waals surface area contributed by atoms with Crippen molar-refractivity contribution in [2.75, 3.05) is 18.0 Å². The van der Waals surface area contributed by atoms with Crippen LogP contribution in [0.1, 0.15) is 19.0 Å². The van der Waals surface area contributed by atoms with Crippen LogP contribution in [0.2, 0.25) is 0 Å². The van der Waals surface area contributed by atoms with Gasteiger partial charge in [0.25, 0.3) is 0 Å². The van der Waals surface area contributed by atoms with Gasteiger partial charge in [0.2, 0.25) is 5.91 Å². The first-order chi connectivity index (χ1) is 10.6. The van der Waals surface area contributed by atoms with Crippen LogP contribution in [0.25, 0.3) is 11.0 Å². The normalized spacial score (nSPS) is 17.8. The SMILES string of the molecule is CCC(=O)NCC1CN(c2ccc3c(C)noc3c2)C(=O)O1. The van der Waals surface area contributed by atoms with Gasteiger partial charge in [0.15, 0.2) is 5.58 Å². The highest BCUT2D eigenvalue weighted by molar-refractivity contribution is 5.93. The third-order valence-corrected chi connectivity index (χ3v) is 3.67. The van der Waals surface area contributed by atoms with Gasteiger partial charge in [-0.1, -0.05) is 12.1 Å². The Balaban J connectivity index is 1.73. The standard InChI is InChI=1S/C15H17N3O4/c1-3-14(19)16-7-11-8-18(15(20)21-11)10-4-5-12-9(2)17-22-13(12)6-10/h4-6,11H,3,7-8H2,1-2H3,(H,16,19). The fourth-order valence-corrected chi connectivity index (χ4v) is 2.41. The van der Waals surface area contributed by atoms with E-state index in [0.29, 0.717) is 30.8 Å². The summed E-state index contributed by atoms with van der Waals surface area (Å²) in [6.45, 7) is 4.35. The third-order valence-electron chi connectivity index (χ3n) is 3.67. The Labute approximate surface area is 127 Å². The molecule has 1 saturated heterocycles. The minimum absolute atomic E-state index is 0.0620. The van der Waals surface area contributed by atoms with Crippen LogP contribution in [0.4, 0.5) is 10.5 Å². The van der Waals surface area contributed by atoms with E-state index in [-0.39, 0.29) is 12.0 Å². The van der Waals surface area contributed by atoms with E-state index in [4.69, 9.17) is 9.26 Å². The first kappa shape index (κ1) is 14.4. The summed E-state index contributed by atoms with van der Waals surface area (Å²) in [7, 11) is 0. The van der Waals surface area contributed by atoms with Gasteiger partial charge in [-0.05, 0) is 19.1 Å². The van der Waals surface area contributed by atoms with E-state index in [0.717, 1.165) is 11.1 Å². The van der Waals surface area contributed by atoms with E-state index in [1.54, 1.807) is 13.0 Å². The van der Waals surface area contributed by atoms with Crippen molar-refractivity contribution >= 4 is 28.7 Å². The summed E-state index contributed by atoms with van der Waals surface area (Å²) in [5.74, 6) is -0.0620. The van der Waals surface area contributed by atoms with Crippen molar-refractivity contribution in [3.05, 3.63) is 23.9 Å². The van der Waals surface area contributed by atoms with E-state index < -0.39 is 6.09 Å². The second-order valence-corrected chi connectivity index (χ2v) is 5.22. The number of fused-ring (bicyclic) bond motifs is 1. The lowest BCUT2D eigenvalue weighted by molar-refractivity contribution is -0.121. The predicted molar refractivity (Wildman–Crippen MR) is 79.7 cm³/mol. The Morgan fingerprint density at radius 2 is 2.32 bits per heavy atom. The van der Waals surface area contributed by atoms with Crippen LogP contribution >= 0.6 is 0 Å². The van der Waals surface area contributed by atoms with Crippen molar-refractivity contribution in [1.82, 2.24) is 10.5 Å². The van der Waals surface area contributed by atoms with E-state index in [2.05, 4.69) is 10.5 Å². The molecule has 1 aliphatic rings. The number of hydrogen-bond acceptors (Lipinski definition) is 5. The van der Waals surface area contributed by atoms with Gasteiger partial charge in [-0.3, -0.25) is 9.69 Å². The molecule has 22 heavy (non-hydrogen) atoms. The Morgan fingerprint density at radius 1 is 1.50 bits per heavy atom. The number of amides is 2. The summed E-state index contributed by atoms with van der Waals surface area (Å²) < 4.78 is 10.5. The van der Waals surface area contributed by atoms with Crippen LogP contribution in [0.15, 0.2) is 22.7 Å². The molecule has 7 nitrogen and oxygen atoms in total. The molecule has 0 spiro atoms. The number of rotatable bonds is 4. The number of cyclic esters (lactones) is 1. The zero-order valence-electron chi connectivity index (χ0n) is 12.5. The van der Waals surface area contributed by atoms with Crippen molar-refractivity contribution in [3.8, 4) is 0 Å². The second kappa shape index (κ2) is 5.67. The lowest BCUT2D eigenvalue weighted by atomic mass is 10.2. The van der Waals surface area contributed by atoms with Crippen molar-refractivity contribution in [2.24, 2.45) is 0 Å². The molecule has 1 aromatic heterocycles. The maximum Gasteiger partial charge on any atom is 0.414 e. The van der Waals surface area contributed by atoms with Crippen LogP contribution in [0, 0.1) is 6.92 Å². The van der Waals surface area contributed by atoms with Gasteiger partial charge in [-0.15, -0.1) is 0 Å². The highest BCUT2D eigenvalue weighted by Gasteiger charge is 2.32. The number of ether oxygens (including phenoxy) is 1. The number of carbonyl (C=O) groups excluding carboxylic acids is 2. The molecule has 1 N–H and O–H groups in total.